The highest BCUT2D eigenvalue weighted by Crippen LogP contribution is 2.30. The Labute approximate surface area is 146 Å². The van der Waals surface area contributed by atoms with Crippen molar-refractivity contribution in [3.05, 3.63) is 77.4 Å². The predicted octanol–water partition coefficient (Wildman–Crippen LogP) is 4.94. The Kier molecular flexibility index (Phi) is 3.63. The van der Waals surface area contributed by atoms with Crippen LogP contribution < -0.4 is 5.32 Å². The van der Waals surface area contributed by atoms with Crippen LogP contribution in [-0.2, 0) is 0 Å². The molecule has 1 N–H and O–H groups in total. The highest BCUT2D eigenvalue weighted by Gasteiger charge is 2.23. The molecular formula is C20H10F2N2O2. The molecule has 126 valence electrons. The van der Waals surface area contributed by atoms with Gasteiger partial charge in [0.1, 0.15) is 40.0 Å². The Bertz CT molecular complexity index is 1170. The minimum Gasteiger partial charge on any atom is -0.455 e. The molecule has 2 aromatic heterocycles. The second-order valence-electron chi connectivity index (χ2n) is 5.65. The van der Waals surface area contributed by atoms with Gasteiger partial charge in [0.15, 0.2) is 0 Å². The van der Waals surface area contributed by atoms with Gasteiger partial charge in [0.2, 0.25) is 0 Å². The molecule has 0 aliphatic carbocycles. The molecule has 4 rings (SSSR count). The van der Waals surface area contributed by atoms with Crippen LogP contribution in [0.4, 0.5) is 14.5 Å². The number of halogens is 2. The number of carbonyl (C=O) groups is 1. The maximum absolute atomic E-state index is 14.4. The summed E-state index contributed by atoms with van der Waals surface area (Å²) >= 11 is 0. The van der Waals surface area contributed by atoms with Crippen molar-refractivity contribution in [3.8, 4) is 17.2 Å². The Hall–Kier alpha value is -3.72. The lowest BCUT2D eigenvalue weighted by molar-refractivity contribution is 0.102. The molecule has 0 saturated carbocycles. The molecule has 4 aromatic rings. The third kappa shape index (κ3) is 2.47. The molecule has 2 bridgehead atoms. The van der Waals surface area contributed by atoms with Crippen molar-refractivity contribution in [2.24, 2.45) is 0 Å². The van der Waals surface area contributed by atoms with Crippen molar-refractivity contribution in [2.75, 3.05) is 5.32 Å². The van der Waals surface area contributed by atoms with E-state index in [9.17, 15) is 18.8 Å². The van der Waals surface area contributed by atoms with Crippen LogP contribution in [-0.4, -0.2) is 5.91 Å². The summed E-state index contributed by atoms with van der Waals surface area (Å²) in [5.41, 5.74) is 1.29. The Morgan fingerprint density at radius 1 is 0.962 bits per heavy atom. The van der Waals surface area contributed by atoms with Crippen molar-refractivity contribution in [2.45, 2.75) is 0 Å². The topological polar surface area (TPSA) is 66.0 Å². The first-order valence-corrected chi connectivity index (χ1v) is 7.69. The van der Waals surface area contributed by atoms with Gasteiger partial charge in [-0.05, 0) is 36.4 Å². The van der Waals surface area contributed by atoms with E-state index in [1.807, 2.05) is 6.07 Å². The number of nitrogens with zero attached hydrogens (tertiary/aromatic N) is 1. The molecule has 0 aliphatic rings. The Balaban J connectivity index is 1.64. The van der Waals surface area contributed by atoms with E-state index in [0.717, 1.165) is 6.07 Å². The largest absolute Gasteiger partial charge is 0.455 e. The Morgan fingerprint density at radius 2 is 1.69 bits per heavy atom. The van der Waals surface area contributed by atoms with Crippen molar-refractivity contribution < 1.29 is 18.0 Å². The lowest BCUT2D eigenvalue weighted by Gasteiger charge is -2.09. The fraction of sp³-hybridized carbons (Fsp3) is 0. The first-order chi connectivity index (χ1) is 12.6. The van der Waals surface area contributed by atoms with Gasteiger partial charge < -0.3 is 9.73 Å². The van der Waals surface area contributed by atoms with Crippen LogP contribution in [0.5, 0.6) is 0 Å². The molecule has 0 fully saturated rings. The molecule has 0 saturated heterocycles. The molecule has 2 heterocycles. The quantitative estimate of drug-likeness (QED) is 0.570. The first kappa shape index (κ1) is 15.8. The van der Waals surface area contributed by atoms with Gasteiger partial charge in [0, 0.05) is 16.8 Å². The van der Waals surface area contributed by atoms with Gasteiger partial charge in [-0.3, -0.25) is 4.79 Å². The number of furan rings is 2. The molecule has 0 radical (unpaired) electrons. The van der Waals surface area contributed by atoms with Gasteiger partial charge in [0.25, 0.3) is 5.91 Å². The van der Waals surface area contributed by atoms with E-state index in [1.165, 1.54) is 30.3 Å². The van der Waals surface area contributed by atoms with Crippen LogP contribution in [0.3, 0.4) is 0 Å². The number of benzene rings is 3. The van der Waals surface area contributed by atoms with Gasteiger partial charge in [-0.15, -0.1) is 0 Å². The fourth-order valence-electron chi connectivity index (χ4n) is 2.87. The van der Waals surface area contributed by atoms with E-state index in [0.29, 0.717) is 5.58 Å². The number of nitriles is 1. The van der Waals surface area contributed by atoms with E-state index in [4.69, 9.17) is 4.42 Å². The highest BCUT2D eigenvalue weighted by molar-refractivity contribution is 6.12. The lowest BCUT2D eigenvalue weighted by Crippen LogP contribution is -2.13. The van der Waals surface area contributed by atoms with E-state index in [-0.39, 0.29) is 33.5 Å². The van der Waals surface area contributed by atoms with Gasteiger partial charge in [-0.25, -0.2) is 8.78 Å². The second kappa shape index (κ2) is 5.97. The van der Waals surface area contributed by atoms with Crippen LogP contribution in [0.25, 0.3) is 22.3 Å². The summed E-state index contributed by atoms with van der Waals surface area (Å²) in [6, 6.07) is 14.9. The van der Waals surface area contributed by atoms with Crippen molar-refractivity contribution in [1.82, 2.24) is 0 Å². The zero-order chi connectivity index (χ0) is 18.3. The second-order valence-corrected chi connectivity index (χ2v) is 5.65. The maximum atomic E-state index is 14.4. The molecule has 4 nitrogen and oxygen atoms in total. The number of hydrogen-bond acceptors (Lipinski definition) is 3. The van der Waals surface area contributed by atoms with Crippen molar-refractivity contribution in [1.29, 1.82) is 5.26 Å². The summed E-state index contributed by atoms with van der Waals surface area (Å²) in [5.74, 6) is -1.78. The number of nitrogens with one attached hydrogen (secondary N) is 1. The molecule has 1 amide bonds. The normalized spacial score (nSPS) is 10.8. The molecule has 0 aliphatic heterocycles. The van der Waals surface area contributed by atoms with E-state index in [2.05, 4.69) is 5.32 Å². The monoisotopic (exact) mass is 348 g/mol. The molecule has 26 heavy (non-hydrogen) atoms. The average molecular weight is 348 g/mol. The number of hydrogen-bond donors (Lipinski definition) is 1. The van der Waals surface area contributed by atoms with Gasteiger partial charge >= 0.3 is 0 Å². The highest BCUT2D eigenvalue weighted by atomic mass is 19.1. The number of rotatable bonds is 3. The number of anilines is 1. The molecule has 0 unspecified atom stereocenters. The molecule has 2 aromatic carbocycles. The fourth-order valence-corrected chi connectivity index (χ4v) is 2.87. The smallest absolute Gasteiger partial charge is 0.260 e. The minimum absolute atomic E-state index is 0.0918. The standard InChI is InChI=1S/C20H10F2N2O2/c21-15-4-2-1-3-12(15)13-6-5-11(9-16(13)22)24-20(25)19-14(10-23)17-7-8-18(19)26-17/h1-9H,(H,24,25). The SMILES string of the molecule is N#Cc1c(C(=O)Nc2ccc(-c3ccccc3F)c(F)c2)c2ccc1o2. The molecule has 6 heteroatoms. The van der Waals surface area contributed by atoms with Gasteiger partial charge in [-0.1, -0.05) is 18.2 Å². The summed E-state index contributed by atoms with van der Waals surface area (Å²) in [6.07, 6.45) is 0. The third-order valence-electron chi connectivity index (χ3n) is 4.08. The van der Waals surface area contributed by atoms with E-state index < -0.39 is 17.5 Å². The van der Waals surface area contributed by atoms with Crippen LogP contribution in [0.15, 0.2) is 59.0 Å². The molecule has 0 spiro atoms. The minimum atomic E-state index is -0.673. The summed E-state index contributed by atoms with van der Waals surface area (Å²) in [6.45, 7) is 0. The van der Waals surface area contributed by atoms with Crippen molar-refractivity contribution in [3.63, 3.8) is 0 Å². The number of amides is 1. The van der Waals surface area contributed by atoms with E-state index >= 15 is 0 Å². The first-order valence-electron chi connectivity index (χ1n) is 7.69. The van der Waals surface area contributed by atoms with Crippen LogP contribution in [0.2, 0.25) is 0 Å². The molecule has 0 atom stereocenters. The summed E-state index contributed by atoms with van der Waals surface area (Å²) < 4.78 is 33.6. The van der Waals surface area contributed by atoms with Crippen LogP contribution >= 0.6 is 0 Å². The number of fused-ring (bicyclic) bond motifs is 2. The van der Waals surface area contributed by atoms with Gasteiger partial charge in [-0.2, -0.15) is 5.26 Å². The zero-order valence-electron chi connectivity index (χ0n) is 13.2. The molecular weight excluding hydrogens is 338 g/mol. The van der Waals surface area contributed by atoms with Crippen LogP contribution in [0.1, 0.15) is 15.9 Å². The average Bonchev–Trinajstić information content (AvgIpc) is 3.23. The van der Waals surface area contributed by atoms with Gasteiger partial charge in [0.05, 0.1) is 0 Å². The van der Waals surface area contributed by atoms with Crippen molar-refractivity contribution >= 4 is 22.8 Å². The predicted molar refractivity (Wildman–Crippen MR) is 91.9 cm³/mol. The zero-order valence-corrected chi connectivity index (χ0v) is 13.2. The number of carbonyl (C=O) groups excluding carboxylic acids is 1. The lowest BCUT2D eigenvalue weighted by atomic mass is 10.0. The van der Waals surface area contributed by atoms with E-state index in [1.54, 1.807) is 18.2 Å². The van der Waals surface area contributed by atoms with Crippen LogP contribution in [0, 0.1) is 23.0 Å². The summed E-state index contributed by atoms with van der Waals surface area (Å²) in [5, 5.41) is 11.7. The summed E-state index contributed by atoms with van der Waals surface area (Å²) in [7, 11) is 0. The third-order valence-corrected chi connectivity index (χ3v) is 4.08. The Morgan fingerprint density at radius 3 is 2.42 bits per heavy atom. The maximum Gasteiger partial charge on any atom is 0.260 e. The summed E-state index contributed by atoms with van der Waals surface area (Å²) in [4.78, 5) is 12.4.